The summed E-state index contributed by atoms with van der Waals surface area (Å²) in [5.41, 5.74) is 0. The zero-order valence-corrected chi connectivity index (χ0v) is 16.6. The minimum absolute atomic E-state index is 0.371. The van der Waals surface area contributed by atoms with Gasteiger partial charge in [-0.2, -0.15) is 0 Å². The Kier molecular flexibility index (Phi) is 8.21. The van der Waals surface area contributed by atoms with E-state index >= 15 is 0 Å². The maximum absolute atomic E-state index is 10.3. The molecule has 3 aliphatic rings. The Bertz CT molecular complexity index is 581. The lowest BCUT2D eigenvalue weighted by Crippen LogP contribution is -2.63. The molecule has 14 heteroatoms. The van der Waals surface area contributed by atoms with Crippen molar-refractivity contribution < 1.29 is 69.6 Å². The Balaban J connectivity index is 1.56. The van der Waals surface area contributed by atoms with Crippen molar-refractivity contribution in [1.29, 1.82) is 0 Å². The first-order valence-electron chi connectivity index (χ1n) is 9.85. The van der Waals surface area contributed by atoms with Gasteiger partial charge in [-0.05, 0) is 6.92 Å². The van der Waals surface area contributed by atoms with Crippen molar-refractivity contribution in [3.05, 3.63) is 0 Å². The number of aliphatic hydroxyl groups is 9. The van der Waals surface area contributed by atoms with E-state index in [2.05, 4.69) is 0 Å². The fourth-order valence-corrected chi connectivity index (χ4v) is 3.60. The molecule has 9 N–H and O–H groups in total. The lowest BCUT2D eigenvalue weighted by atomic mass is 9.98. The van der Waals surface area contributed by atoms with E-state index < -0.39 is 92.6 Å². The Morgan fingerprint density at radius 1 is 0.710 bits per heavy atom. The molecule has 14 atom stereocenters. The molecule has 3 rings (SSSR count). The van der Waals surface area contributed by atoms with Gasteiger partial charge in [0.1, 0.15) is 61.0 Å². The SMILES string of the molecule is C[C@@H]1O[C@@H](OC[C@H]2OC(O)[C@H](O[C@@H]3OC[C@@H](O)[C@H](O)[C@H]3O)[C@@H](O)[C@@H]2O)[C@H](O)[C@H](O)[C@H]1O. The van der Waals surface area contributed by atoms with Gasteiger partial charge in [-0.15, -0.1) is 0 Å². The van der Waals surface area contributed by atoms with Crippen molar-refractivity contribution in [2.75, 3.05) is 13.2 Å². The lowest BCUT2D eigenvalue weighted by Gasteiger charge is -2.44. The standard InChI is InChI=1S/C17H30O14/c1-4-7(19)10(22)13(25)16(29-4)28-3-6-9(21)11(23)14(15(26)30-6)31-17-12(24)8(20)5(18)2-27-17/h4-26H,2-3H2,1H3/t4-,5+,6+,7-,8-,9+,10+,11-,12+,13+,14+,15?,16+,17-/m0/s1. The van der Waals surface area contributed by atoms with E-state index in [0.717, 1.165) is 0 Å². The monoisotopic (exact) mass is 458 g/mol. The molecule has 3 saturated heterocycles. The Morgan fingerprint density at radius 2 is 1.35 bits per heavy atom. The number of ether oxygens (including phenoxy) is 5. The predicted octanol–water partition coefficient (Wildman–Crippen LogP) is -5.91. The van der Waals surface area contributed by atoms with E-state index in [1.807, 2.05) is 0 Å². The number of rotatable bonds is 5. The molecule has 0 spiro atoms. The van der Waals surface area contributed by atoms with Gasteiger partial charge >= 0.3 is 0 Å². The Morgan fingerprint density at radius 3 is 2.03 bits per heavy atom. The van der Waals surface area contributed by atoms with Gasteiger partial charge in [-0.25, -0.2) is 0 Å². The highest BCUT2D eigenvalue weighted by Gasteiger charge is 2.49. The topological polar surface area (TPSA) is 228 Å². The minimum Gasteiger partial charge on any atom is -0.388 e. The van der Waals surface area contributed by atoms with Crippen LogP contribution in [0.1, 0.15) is 6.92 Å². The average molecular weight is 458 g/mol. The van der Waals surface area contributed by atoms with E-state index in [-0.39, 0.29) is 6.61 Å². The molecule has 14 nitrogen and oxygen atoms in total. The summed E-state index contributed by atoms with van der Waals surface area (Å²) in [5, 5.41) is 89.4. The van der Waals surface area contributed by atoms with Crippen LogP contribution in [-0.2, 0) is 23.7 Å². The summed E-state index contributed by atoms with van der Waals surface area (Å²) >= 11 is 0. The predicted molar refractivity (Wildman–Crippen MR) is 93.8 cm³/mol. The molecule has 0 aromatic rings. The molecule has 0 aromatic heterocycles. The second-order valence-corrected chi connectivity index (χ2v) is 7.91. The highest BCUT2D eigenvalue weighted by Crippen LogP contribution is 2.28. The van der Waals surface area contributed by atoms with Crippen LogP contribution in [0.2, 0.25) is 0 Å². The molecule has 0 aromatic carbocycles. The van der Waals surface area contributed by atoms with E-state index in [1.165, 1.54) is 6.92 Å². The lowest BCUT2D eigenvalue weighted by molar-refractivity contribution is -0.356. The van der Waals surface area contributed by atoms with Crippen LogP contribution in [0.3, 0.4) is 0 Å². The summed E-state index contributed by atoms with van der Waals surface area (Å²) in [5.74, 6) is 0. The molecular weight excluding hydrogens is 428 g/mol. The highest BCUT2D eigenvalue weighted by molar-refractivity contribution is 4.92. The smallest absolute Gasteiger partial charge is 0.186 e. The quantitative estimate of drug-likeness (QED) is 0.187. The summed E-state index contributed by atoms with van der Waals surface area (Å²) in [6.45, 7) is 0.603. The normalized spacial score (nSPS) is 54.0. The maximum atomic E-state index is 10.3. The van der Waals surface area contributed by atoms with Gasteiger partial charge in [0.2, 0.25) is 0 Å². The van der Waals surface area contributed by atoms with Crippen molar-refractivity contribution >= 4 is 0 Å². The molecule has 0 radical (unpaired) electrons. The molecular formula is C17H30O14. The largest absolute Gasteiger partial charge is 0.388 e. The second kappa shape index (κ2) is 10.1. The fraction of sp³-hybridized carbons (Fsp3) is 1.00. The van der Waals surface area contributed by atoms with Crippen molar-refractivity contribution in [2.24, 2.45) is 0 Å². The number of hydrogen-bond acceptors (Lipinski definition) is 14. The molecule has 31 heavy (non-hydrogen) atoms. The van der Waals surface area contributed by atoms with Crippen LogP contribution in [0.25, 0.3) is 0 Å². The first-order chi connectivity index (χ1) is 14.5. The third kappa shape index (κ3) is 5.18. The van der Waals surface area contributed by atoms with Crippen LogP contribution < -0.4 is 0 Å². The first-order valence-corrected chi connectivity index (χ1v) is 9.85. The Hall–Kier alpha value is -0.560. The zero-order valence-electron chi connectivity index (χ0n) is 16.6. The molecule has 0 bridgehead atoms. The van der Waals surface area contributed by atoms with Gasteiger partial charge < -0.3 is 69.6 Å². The van der Waals surface area contributed by atoms with Gasteiger partial charge in [-0.1, -0.05) is 0 Å². The van der Waals surface area contributed by atoms with Gasteiger partial charge in [0.15, 0.2) is 18.9 Å². The van der Waals surface area contributed by atoms with Crippen molar-refractivity contribution in [1.82, 2.24) is 0 Å². The molecule has 3 fully saturated rings. The van der Waals surface area contributed by atoms with Crippen LogP contribution in [0, 0.1) is 0 Å². The van der Waals surface area contributed by atoms with Gasteiger partial charge in [-0.3, -0.25) is 0 Å². The van der Waals surface area contributed by atoms with Gasteiger partial charge in [0, 0.05) is 0 Å². The summed E-state index contributed by atoms with van der Waals surface area (Å²) in [7, 11) is 0. The second-order valence-electron chi connectivity index (χ2n) is 7.91. The van der Waals surface area contributed by atoms with Crippen LogP contribution in [-0.4, -0.2) is 145 Å². The molecule has 3 aliphatic heterocycles. The summed E-state index contributed by atoms with van der Waals surface area (Å²) in [6.07, 6.45) is -20.9. The summed E-state index contributed by atoms with van der Waals surface area (Å²) in [6, 6.07) is 0. The summed E-state index contributed by atoms with van der Waals surface area (Å²) < 4.78 is 26.1. The van der Waals surface area contributed by atoms with Crippen molar-refractivity contribution in [3.8, 4) is 0 Å². The summed E-state index contributed by atoms with van der Waals surface area (Å²) in [4.78, 5) is 0. The third-order valence-electron chi connectivity index (χ3n) is 5.64. The zero-order chi connectivity index (χ0) is 23.0. The van der Waals surface area contributed by atoms with E-state index in [4.69, 9.17) is 23.7 Å². The van der Waals surface area contributed by atoms with Crippen molar-refractivity contribution in [2.45, 2.75) is 92.9 Å². The van der Waals surface area contributed by atoms with E-state index in [1.54, 1.807) is 0 Å². The molecule has 0 amide bonds. The minimum atomic E-state index is -1.81. The van der Waals surface area contributed by atoms with Crippen LogP contribution in [0.15, 0.2) is 0 Å². The number of hydrogen-bond donors (Lipinski definition) is 9. The maximum Gasteiger partial charge on any atom is 0.186 e. The van der Waals surface area contributed by atoms with Crippen molar-refractivity contribution in [3.63, 3.8) is 0 Å². The first kappa shape index (κ1) is 25.1. The molecule has 3 heterocycles. The third-order valence-corrected chi connectivity index (χ3v) is 5.64. The van der Waals surface area contributed by atoms with E-state index in [9.17, 15) is 46.0 Å². The van der Waals surface area contributed by atoms with Gasteiger partial charge in [0.05, 0.1) is 19.3 Å². The fourth-order valence-electron chi connectivity index (χ4n) is 3.60. The molecule has 1 unspecified atom stereocenters. The van der Waals surface area contributed by atoms with E-state index in [0.29, 0.717) is 0 Å². The van der Waals surface area contributed by atoms with Gasteiger partial charge in [0.25, 0.3) is 0 Å². The van der Waals surface area contributed by atoms with Crippen LogP contribution in [0.4, 0.5) is 0 Å². The number of aliphatic hydroxyl groups excluding tert-OH is 9. The molecule has 0 aliphatic carbocycles. The average Bonchev–Trinajstić information content (AvgIpc) is 2.74. The highest BCUT2D eigenvalue weighted by atomic mass is 16.7. The molecule has 182 valence electrons. The van der Waals surface area contributed by atoms with Crippen LogP contribution >= 0.6 is 0 Å². The molecule has 0 saturated carbocycles. The Labute approximate surface area is 176 Å². The van der Waals surface area contributed by atoms with Crippen LogP contribution in [0.5, 0.6) is 0 Å².